The Labute approximate surface area is 209 Å². The molecule has 4 aromatic rings. The van der Waals surface area contributed by atoms with E-state index in [1.807, 2.05) is 0 Å². The van der Waals surface area contributed by atoms with Crippen molar-refractivity contribution in [1.29, 1.82) is 0 Å². The smallest absolute Gasteiger partial charge is 0.422 e. The lowest BCUT2D eigenvalue weighted by Gasteiger charge is -2.21. The predicted molar refractivity (Wildman–Crippen MR) is 126 cm³/mol. The zero-order valence-corrected chi connectivity index (χ0v) is 19.9. The van der Waals surface area contributed by atoms with Gasteiger partial charge in [0.15, 0.2) is 6.61 Å². The number of aromatic nitrogens is 5. The number of nitrogens with zero attached hydrogens (tertiary/aromatic N) is 6. The maximum Gasteiger partial charge on any atom is 0.422 e. The van der Waals surface area contributed by atoms with E-state index in [1.54, 1.807) is 55.2 Å². The first-order chi connectivity index (χ1) is 17.6. The Bertz CT molecular complexity index is 1460. The molecule has 0 fully saturated rings. The van der Waals surface area contributed by atoms with Gasteiger partial charge in [0.25, 0.3) is 5.91 Å². The fourth-order valence-electron chi connectivity index (χ4n) is 4.38. The molecule has 1 atom stereocenters. The molecule has 12 heteroatoms. The lowest BCUT2D eigenvalue weighted by Crippen LogP contribution is -2.33. The van der Waals surface area contributed by atoms with Gasteiger partial charge in [0.1, 0.15) is 23.3 Å². The van der Waals surface area contributed by atoms with Crippen molar-refractivity contribution in [2.24, 2.45) is 0 Å². The third-order valence-electron chi connectivity index (χ3n) is 6.21. The van der Waals surface area contributed by atoms with Gasteiger partial charge in [0, 0.05) is 30.1 Å². The van der Waals surface area contributed by atoms with E-state index in [-0.39, 0.29) is 17.5 Å². The third kappa shape index (κ3) is 4.91. The van der Waals surface area contributed by atoms with Gasteiger partial charge in [-0.1, -0.05) is 17.3 Å². The van der Waals surface area contributed by atoms with E-state index >= 15 is 0 Å². The van der Waals surface area contributed by atoms with Gasteiger partial charge in [0.2, 0.25) is 0 Å². The van der Waals surface area contributed by atoms with Crippen LogP contribution < -0.4 is 9.64 Å². The first-order valence-electron chi connectivity index (χ1n) is 11.4. The number of ether oxygens (including phenoxy) is 1. The molecule has 2 aromatic carbocycles. The number of rotatable bonds is 5. The van der Waals surface area contributed by atoms with Crippen LogP contribution in [0.4, 0.5) is 23.2 Å². The number of carbonyl (C=O) groups excluding carboxylic acids is 1. The van der Waals surface area contributed by atoms with E-state index in [1.165, 1.54) is 28.0 Å². The van der Waals surface area contributed by atoms with Gasteiger partial charge in [-0.2, -0.15) is 13.2 Å². The molecule has 0 spiro atoms. The van der Waals surface area contributed by atoms with E-state index in [0.717, 1.165) is 0 Å². The van der Waals surface area contributed by atoms with Gasteiger partial charge >= 0.3 is 6.18 Å². The minimum atomic E-state index is -4.52. The molecule has 5 rings (SSSR count). The molecule has 1 amide bonds. The summed E-state index contributed by atoms with van der Waals surface area (Å²) in [5.41, 5.74) is 2.82. The number of anilines is 1. The lowest BCUT2D eigenvalue weighted by atomic mass is 10.1. The molecule has 192 valence electrons. The van der Waals surface area contributed by atoms with Crippen molar-refractivity contribution in [2.75, 3.05) is 18.6 Å². The Morgan fingerprint density at radius 2 is 1.95 bits per heavy atom. The predicted octanol–water partition coefficient (Wildman–Crippen LogP) is 4.67. The molecule has 0 N–H and O–H groups in total. The minimum Gasteiger partial charge on any atom is -0.482 e. The Kier molecular flexibility index (Phi) is 6.18. The van der Waals surface area contributed by atoms with Gasteiger partial charge < -0.3 is 14.2 Å². The summed E-state index contributed by atoms with van der Waals surface area (Å²) in [6.07, 6.45) is 0.804. The van der Waals surface area contributed by atoms with Crippen LogP contribution in [0.2, 0.25) is 0 Å². The van der Waals surface area contributed by atoms with E-state index in [9.17, 15) is 22.4 Å². The van der Waals surface area contributed by atoms with Crippen LogP contribution in [0.5, 0.6) is 5.75 Å². The second kappa shape index (κ2) is 9.34. The lowest BCUT2D eigenvalue weighted by molar-refractivity contribution is -0.153. The second-order valence-corrected chi connectivity index (χ2v) is 8.78. The number of imidazole rings is 1. The second-order valence-electron chi connectivity index (χ2n) is 8.78. The molecule has 1 aliphatic heterocycles. The van der Waals surface area contributed by atoms with E-state index in [2.05, 4.69) is 15.3 Å². The average molecular weight is 514 g/mol. The highest BCUT2D eigenvalue weighted by Crippen LogP contribution is 2.34. The summed E-state index contributed by atoms with van der Waals surface area (Å²) in [5.74, 6) is -0.671. The fraction of sp³-hybridized carbons (Fsp3) is 0.280. The van der Waals surface area contributed by atoms with E-state index < -0.39 is 18.8 Å². The normalized spacial score (nSPS) is 16.0. The number of halogens is 4. The first kappa shape index (κ1) is 24.5. The van der Waals surface area contributed by atoms with Gasteiger partial charge in [-0.25, -0.2) is 14.1 Å². The average Bonchev–Trinajstić information content (AvgIpc) is 3.49. The molecule has 2 aromatic heterocycles. The summed E-state index contributed by atoms with van der Waals surface area (Å²) in [5, 5.41) is 8.26. The van der Waals surface area contributed by atoms with Gasteiger partial charge in [-0.3, -0.25) is 4.79 Å². The molecule has 0 unspecified atom stereocenters. The van der Waals surface area contributed by atoms with Crippen LogP contribution in [-0.4, -0.2) is 50.3 Å². The van der Waals surface area contributed by atoms with Crippen LogP contribution in [0.15, 0.2) is 55.1 Å². The van der Waals surface area contributed by atoms with Crippen LogP contribution in [0.25, 0.3) is 16.9 Å². The number of carbonyl (C=O) groups is 1. The molecular weight excluding hydrogens is 492 g/mol. The summed E-state index contributed by atoms with van der Waals surface area (Å²) >= 11 is 0. The molecule has 37 heavy (non-hydrogen) atoms. The largest absolute Gasteiger partial charge is 0.482 e. The van der Waals surface area contributed by atoms with Gasteiger partial charge in [0.05, 0.1) is 23.9 Å². The van der Waals surface area contributed by atoms with Crippen LogP contribution in [0, 0.1) is 12.7 Å². The summed E-state index contributed by atoms with van der Waals surface area (Å²) < 4.78 is 61.2. The monoisotopic (exact) mass is 514 g/mol. The number of aryl methyl sites for hydroxylation is 1. The fourth-order valence-corrected chi connectivity index (χ4v) is 4.38. The molecular formula is C25H22F4N6O2. The maximum atomic E-state index is 14.4. The topological polar surface area (TPSA) is 78.1 Å². The van der Waals surface area contributed by atoms with Gasteiger partial charge in [-0.15, -0.1) is 5.10 Å². The summed E-state index contributed by atoms with van der Waals surface area (Å²) in [4.78, 5) is 18.7. The van der Waals surface area contributed by atoms with Crippen LogP contribution >= 0.6 is 0 Å². The van der Waals surface area contributed by atoms with Crippen molar-refractivity contribution in [3.8, 4) is 22.7 Å². The Hall–Kier alpha value is -4.22. The van der Waals surface area contributed by atoms with Crippen LogP contribution in [0.1, 0.15) is 23.7 Å². The molecule has 1 aliphatic rings. The molecule has 0 aliphatic carbocycles. The number of likely N-dealkylation sites (N-methyl/N-ethyl adjacent to an activating group) is 1. The summed E-state index contributed by atoms with van der Waals surface area (Å²) in [6.45, 7) is 0.294. The molecule has 0 bridgehead atoms. The number of fused-ring (bicyclic) bond motifs is 1. The summed E-state index contributed by atoms with van der Waals surface area (Å²) in [6, 6.07) is 8.59. The highest BCUT2D eigenvalue weighted by atomic mass is 19.4. The quantitative estimate of drug-likeness (QED) is 0.362. The van der Waals surface area contributed by atoms with E-state index in [0.29, 0.717) is 46.7 Å². The zero-order valence-electron chi connectivity index (χ0n) is 19.9. The van der Waals surface area contributed by atoms with Crippen molar-refractivity contribution < 1.29 is 27.1 Å². The molecule has 8 nitrogen and oxygen atoms in total. The number of amides is 1. The standard InChI is InChI=1S/C25H22F4N6O2/c1-15-11-34(14-30-15)21-8-6-16(10-23(21)37-13-25(27,28)29)19-12-35(32-31-19)22-9-7-17-18(26)4-3-5-20(17)33(2)24(22)36/h3-6,8,10-12,14,22H,7,9,13H2,1-2H3/t22-/m0/s1. The zero-order chi connectivity index (χ0) is 26.3. The van der Waals surface area contributed by atoms with Crippen LogP contribution in [0.3, 0.4) is 0 Å². The molecule has 3 heterocycles. The molecule has 0 radical (unpaired) electrons. The van der Waals surface area contributed by atoms with Crippen LogP contribution in [-0.2, 0) is 11.2 Å². The molecule has 0 saturated carbocycles. The summed E-state index contributed by atoms with van der Waals surface area (Å²) in [7, 11) is 1.58. The first-order valence-corrected chi connectivity index (χ1v) is 11.4. The van der Waals surface area contributed by atoms with Crippen molar-refractivity contribution >= 4 is 11.6 Å². The van der Waals surface area contributed by atoms with Crippen molar-refractivity contribution in [1.82, 2.24) is 24.5 Å². The molecule has 0 saturated heterocycles. The third-order valence-corrected chi connectivity index (χ3v) is 6.21. The minimum absolute atomic E-state index is 0.0158. The van der Waals surface area contributed by atoms with Crippen molar-refractivity contribution in [3.05, 3.63) is 72.2 Å². The number of hydrogen-bond acceptors (Lipinski definition) is 5. The Morgan fingerprint density at radius 1 is 1.14 bits per heavy atom. The van der Waals surface area contributed by atoms with Gasteiger partial charge in [-0.05, 0) is 44.0 Å². The Balaban J connectivity index is 1.46. The maximum absolute atomic E-state index is 14.4. The van der Waals surface area contributed by atoms with Crippen molar-refractivity contribution in [2.45, 2.75) is 32.0 Å². The Morgan fingerprint density at radius 3 is 2.68 bits per heavy atom. The highest BCUT2D eigenvalue weighted by molar-refractivity contribution is 5.97. The number of hydrogen-bond donors (Lipinski definition) is 0. The SMILES string of the molecule is Cc1cn(-c2ccc(-c3cn([C@H]4CCc5c(F)cccc5N(C)C4=O)nn3)cc2OCC(F)(F)F)cn1. The van der Waals surface area contributed by atoms with E-state index in [4.69, 9.17) is 4.74 Å². The number of alkyl halides is 3. The van der Waals surface area contributed by atoms with Crippen molar-refractivity contribution in [3.63, 3.8) is 0 Å². The number of benzene rings is 2. The highest BCUT2D eigenvalue weighted by Gasteiger charge is 2.32.